The summed E-state index contributed by atoms with van der Waals surface area (Å²) >= 11 is 5.64. The number of urea groups is 1. The normalized spacial score (nSPS) is 17.6. The largest absolute Gasteiger partial charge is 0.494 e. The van der Waals surface area contributed by atoms with Gasteiger partial charge in [-0.25, -0.2) is 4.79 Å². The molecular formula is C42H43F3N8O5S. The van der Waals surface area contributed by atoms with E-state index in [1.807, 2.05) is 23.2 Å². The first-order chi connectivity index (χ1) is 28.0. The topological polar surface area (TPSA) is 134 Å². The molecule has 0 spiro atoms. The van der Waals surface area contributed by atoms with Gasteiger partial charge in [-0.05, 0) is 107 Å². The minimum atomic E-state index is -4.79. The molecule has 5 amide bonds. The van der Waals surface area contributed by atoms with Crippen LogP contribution >= 0.6 is 12.2 Å². The van der Waals surface area contributed by atoms with E-state index in [1.165, 1.54) is 11.0 Å². The Kier molecular flexibility index (Phi) is 11.2. The number of hydrogen-bond acceptors (Lipinski definition) is 8. The minimum Gasteiger partial charge on any atom is -0.494 e. The van der Waals surface area contributed by atoms with Crippen molar-refractivity contribution >= 4 is 69.0 Å². The first kappa shape index (κ1) is 41.2. The fourth-order valence-corrected chi connectivity index (χ4v) is 8.34. The zero-order valence-electron chi connectivity index (χ0n) is 33.0. The number of carbonyl (C=O) groups is 4. The predicted molar refractivity (Wildman–Crippen MR) is 220 cm³/mol. The highest BCUT2D eigenvalue weighted by Gasteiger charge is 2.50. The van der Waals surface area contributed by atoms with Gasteiger partial charge in [0.25, 0.3) is 11.8 Å². The van der Waals surface area contributed by atoms with Crippen molar-refractivity contribution in [2.45, 2.75) is 58.3 Å². The molecule has 308 valence electrons. The second-order valence-corrected chi connectivity index (χ2v) is 15.9. The molecule has 3 saturated heterocycles. The lowest BCUT2D eigenvalue weighted by Crippen LogP contribution is -2.50. The Labute approximate surface area is 344 Å². The van der Waals surface area contributed by atoms with Crippen LogP contribution in [0.25, 0.3) is 10.9 Å². The maximum Gasteiger partial charge on any atom is 0.417 e. The summed E-state index contributed by atoms with van der Waals surface area (Å²) in [5, 5.41) is 12.4. The van der Waals surface area contributed by atoms with Gasteiger partial charge in [0.15, 0.2) is 5.11 Å². The number of fused-ring (bicyclic) bond motifs is 1. The van der Waals surface area contributed by atoms with Crippen LogP contribution in [0, 0.1) is 11.3 Å². The van der Waals surface area contributed by atoms with Crippen molar-refractivity contribution in [1.82, 2.24) is 19.7 Å². The summed E-state index contributed by atoms with van der Waals surface area (Å²) in [4.78, 5) is 60.4. The number of rotatable bonds is 10. The Morgan fingerprint density at radius 2 is 1.66 bits per heavy atom. The molecule has 1 aromatic heterocycles. The molecular weight excluding hydrogens is 786 g/mol. The SMILES string of the molecule is CC(C)n1ccc2c(N3CCC(=O)NC3=O)cc(C(=O)N3CCN(CCCOc4ccc(N5C(=S)N(c6ccc(C#N)c(C(F)(F)F)c6)C(=O)C5(C)C)cc4)CC3)cc21. The van der Waals surface area contributed by atoms with Gasteiger partial charge in [0, 0.05) is 74.6 Å². The quantitative estimate of drug-likeness (QED) is 0.137. The molecule has 4 heterocycles. The van der Waals surface area contributed by atoms with Crippen LogP contribution in [0.5, 0.6) is 5.75 Å². The van der Waals surface area contributed by atoms with Gasteiger partial charge in [0.2, 0.25) is 5.91 Å². The van der Waals surface area contributed by atoms with E-state index in [4.69, 9.17) is 17.0 Å². The van der Waals surface area contributed by atoms with Crippen molar-refractivity contribution in [1.29, 1.82) is 5.26 Å². The van der Waals surface area contributed by atoms with Gasteiger partial charge in [-0.1, -0.05) is 0 Å². The van der Waals surface area contributed by atoms with Gasteiger partial charge < -0.3 is 19.1 Å². The van der Waals surface area contributed by atoms with Crippen LogP contribution in [0.4, 0.5) is 35.0 Å². The number of carbonyl (C=O) groups excluding carboxylic acids is 4. The summed E-state index contributed by atoms with van der Waals surface area (Å²) in [6, 6.07) is 16.8. The van der Waals surface area contributed by atoms with E-state index in [2.05, 4.69) is 28.6 Å². The van der Waals surface area contributed by atoms with Crippen molar-refractivity contribution in [2.24, 2.45) is 0 Å². The molecule has 3 aliphatic rings. The second-order valence-electron chi connectivity index (χ2n) is 15.5. The highest BCUT2D eigenvalue weighted by atomic mass is 32.1. The number of nitrogens with zero attached hydrogens (tertiary/aromatic N) is 7. The Balaban J connectivity index is 0.933. The van der Waals surface area contributed by atoms with Gasteiger partial charge in [0.05, 0.1) is 40.7 Å². The summed E-state index contributed by atoms with van der Waals surface area (Å²) in [5.74, 6) is -0.369. The Morgan fingerprint density at radius 3 is 2.31 bits per heavy atom. The molecule has 7 rings (SSSR count). The summed E-state index contributed by atoms with van der Waals surface area (Å²) in [5.41, 5.74) is -0.518. The first-order valence-corrected chi connectivity index (χ1v) is 19.7. The van der Waals surface area contributed by atoms with Crippen LogP contribution < -0.4 is 24.8 Å². The van der Waals surface area contributed by atoms with Crippen molar-refractivity contribution < 1.29 is 37.1 Å². The highest BCUT2D eigenvalue weighted by Crippen LogP contribution is 2.40. The molecule has 17 heteroatoms. The van der Waals surface area contributed by atoms with Crippen molar-refractivity contribution in [2.75, 3.05) is 60.6 Å². The Bertz CT molecular complexity index is 2380. The molecule has 0 bridgehead atoms. The number of benzene rings is 3. The van der Waals surface area contributed by atoms with E-state index >= 15 is 0 Å². The van der Waals surface area contributed by atoms with Gasteiger partial charge >= 0.3 is 12.2 Å². The van der Waals surface area contributed by atoms with Gasteiger partial charge in [-0.3, -0.25) is 34.4 Å². The molecule has 0 atom stereocenters. The molecule has 0 unspecified atom stereocenters. The molecule has 0 aliphatic carbocycles. The first-order valence-electron chi connectivity index (χ1n) is 19.3. The van der Waals surface area contributed by atoms with Gasteiger partial charge in [-0.2, -0.15) is 18.4 Å². The van der Waals surface area contributed by atoms with Crippen LogP contribution in [0.2, 0.25) is 0 Å². The van der Waals surface area contributed by atoms with Crippen LogP contribution in [-0.4, -0.2) is 94.6 Å². The summed E-state index contributed by atoms with van der Waals surface area (Å²) in [7, 11) is 0. The van der Waals surface area contributed by atoms with E-state index in [9.17, 15) is 37.6 Å². The van der Waals surface area contributed by atoms with E-state index in [0.717, 1.165) is 40.9 Å². The number of nitriles is 1. The van der Waals surface area contributed by atoms with Crippen LogP contribution in [0.1, 0.15) is 68.1 Å². The second kappa shape index (κ2) is 16.0. The number of piperazine rings is 1. The van der Waals surface area contributed by atoms with Gasteiger partial charge in [0.1, 0.15) is 11.3 Å². The maximum absolute atomic E-state index is 13.9. The van der Waals surface area contributed by atoms with Crippen molar-refractivity contribution in [3.05, 3.63) is 83.6 Å². The zero-order valence-corrected chi connectivity index (χ0v) is 33.8. The molecule has 3 aliphatic heterocycles. The monoisotopic (exact) mass is 828 g/mol. The summed E-state index contributed by atoms with van der Waals surface area (Å²) < 4.78 is 49.2. The van der Waals surface area contributed by atoms with E-state index in [0.29, 0.717) is 55.5 Å². The minimum absolute atomic E-state index is 0.00521. The number of imide groups is 1. The number of aromatic nitrogens is 1. The van der Waals surface area contributed by atoms with Crippen LogP contribution in [0.3, 0.4) is 0 Å². The molecule has 4 aromatic rings. The maximum atomic E-state index is 13.9. The number of ether oxygens (including phenoxy) is 1. The third-order valence-electron chi connectivity index (χ3n) is 11.0. The highest BCUT2D eigenvalue weighted by molar-refractivity contribution is 7.81. The Morgan fingerprint density at radius 1 is 0.966 bits per heavy atom. The lowest BCUT2D eigenvalue weighted by Gasteiger charge is -2.35. The standard InChI is InChI=1S/C42H43F3N8O5S/c1-26(2)50-15-12-32-34(50)22-28(23-35(32)51-16-13-36(54)47-39(51)57)37(55)49-19-17-48(18-20-49)14-5-21-58-31-10-8-29(9-11-31)53-40(59)52(38(56)41(53,3)4)30-7-6-27(25-46)33(24-30)42(43,44)45/h6-12,15,22-24,26H,5,13-14,16-21H2,1-4H3,(H,47,54,57). The molecule has 3 aromatic carbocycles. The average Bonchev–Trinajstić information content (AvgIpc) is 3.71. The molecule has 1 N–H and O–H groups in total. The van der Waals surface area contributed by atoms with E-state index < -0.39 is 34.8 Å². The Hall–Kier alpha value is -5.99. The number of thiocarbonyl (C=S) groups is 1. The molecule has 0 radical (unpaired) electrons. The number of halogens is 3. The summed E-state index contributed by atoms with van der Waals surface area (Å²) in [6.45, 7) is 11.2. The molecule has 3 fully saturated rings. The fourth-order valence-electron chi connectivity index (χ4n) is 7.82. The van der Waals surface area contributed by atoms with E-state index in [-0.39, 0.29) is 41.6 Å². The number of hydrogen-bond donors (Lipinski definition) is 1. The van der Waals surface area contributed by atoms with Crippen molar-refractivity contribution in [3.8, 4) is 11.8 Å². The number of anilines is 3. The smallest absolute Gasteiger partial charge is 0.417 e. The lowest BCUT2D eigenvalue weighted by molar-refractivity contribution is -0.137. The zero-order chi connectivity index (χ0) is 42.4. The molecule has 0 saturated carbocycles. The molecule has 13 nitrogen and oxygen atoms in total. The van der Waals surface area contributed by atoms with Crippen LogP contribution in [-0.2, 0) is 15.8 Å². The van der Waals surface area contributed by atoms with Crippen LogP contribution in [0.15, 0.2) is 66.9 Å². The van der Waals surface area contributed by atoms with E-state index in [1.54, 1.807) is 55.1 Å². The third kappa shape index (κ3) is 7.94. The number of amides is 5. The molecule has 59 heavy (non-hydrogen) atoms. The predicted octanol–water partition coefficient (Wildman–Crippen LogP) is 6.70. The summed E-state index contributed by atoms with van der Waals surface area (Å²) in [6.07, 6.45) is -1.95. The fraction of sp³-hybridized carbons (Fsp3) is 0.381. The third-order valence-corrected chi connectivity index (χ3v) is 11.3. The lowest BCUT2D eigenvalue weighted by atomic mass is 10.0. The average molecular weight is 829 g/mol. The van der Waals surface area contributed by atoms with Gasteiger partial charge in [-0.15, -0.1) is 0 Å². The van der Waals surface area contributed by atoms with Crippen molar-refractivity contribution in [3.63, 3.8) is 0 Å². The number of alkyl halides is 3. The number of nitrogens with one attached hydrogen (secondary N) is 1.